The normalized spacial score (nSPS) is 11.3. The minimum Gasteiger partial charge on any atom is -0.279 e. The van der Waals surface area contributed by atoms with Crippen LogP contribution in [0.15, 0.2) is 50.5 Å². The van der Waals surface area contributed by atoms with Crippen LogP contribution in [0, 0.1) is 0 Å². The molecule has 0 unspecified atom stereocenters. The third kappa shape index (κ3) is 2.45. The van der Waals surface area contributed by atoms with Crippen molar-refractivity contribution in [1.29, 1.82) is 0 Å². The number of hydrogen-bond donors (Lipinski definition) is 1. The molecule has 0 amide bonds. The number of halogens is 1. The molecule has 0 saturated heterocycles. The van der Waals surface area contributed by atoms with Crippen molar-refractivity contribution in [3.05, 3.63) is 46.3 Å². The number of thiophene rings is 1. The van der Waals surface area contributed by atoms with Crippen LogP contribution in [-0.4, -0.2) is 8.42 Å². The summed E-state index contributed by atoms with van der Waals surface area (Å²) in [7, 11) is -3.48. The molecule has 6 heteroatoms. The van der Waals surface area contributed by atoms with Crippen LogP contribution in [0.5, 0.6) is 0 Å². The van der Waals surface area contributed by atoms with Crippen molar-refractivity contribution in [1.82, 2.24) is 0 Å². The van der Waals surface area contributed by atoms with Crippen molar-refractivity contribution in [2.45, 2.75) is 4.21 Å². The molecule has 2 aromatic rings. The molecule has 0 radical (unpaired) electrons. The van der Waals surface area contributed by atoms with Crippen LogP contribution in [0.4, 0.5) is 5.69 Å². The predicted octanol–water partition coefficient (Wildman–Crippen LogP) is 3.31. The van der Waals surface area contributed by atoms with Gasteiger partial charge in [0.25, 0.3) is 10.0 Å². The Morgan fingerprint density at radius 1 is 1.12 bits per heavy atom. The molecule has 1 aromatic carbocycles. The lowest BCUT2D eigenvalue weighted by atomic mass is 10.3. The van der Waals surface area contributed by atoms with Crippen molar-refractivity contribution < 1.29 is 8.42 Å². The smallest absolute Gasteiger partial charge is 0.272 e. The van der Waals surface area contributed by atoms with Gasteiger partial charge in [0.1, 0.15) is 0 Å². The second-order valence-corrected chi connectivity index (χ2v) is 6.68. The van der Waals surface area contributed by atoms with Crippen molar-refractivity contribution in [2.75, 3.05) is 4.72 Å². The number of benzene rings is 1. The molecule has 84 valence electrons. The maximum atomic E-state index is 12.0. The minimum atomic E-state index is -3.48. The fourth-order valence-corrected chi connectivity index (χ4v) is 4.58. The molecule has 0 spiro atoms. The Morgan fingerprint density at radius 3 is 2.38 bits per heavy atom. The Kier molecular flexibility index (Phi) is 3.32. The molecule has 0 aliphatic heterocycles. The van der Waals surface area contributed by atoms with E-state index in [0.29, 0.717) is 10.2 Å². The minimum absolute atomic E-state index is 0.288. The molecule has 0 aliphatic rings. The van der Waals surface area contributed by atoms with Gasteiger partial charge in [0.15, 0.2) is 4.21 Å². The highest BCUT2D eigenvalue weighted by Gasteiger charge is 2.18. The van der Waals surface area contributed by atoms with Gasteiger partial charge in [-0.15, -0.1) is 11.3 Å². The summed E-state index contributed by atoms with van der Waals surface area (Å²) in [4.78, 5) is 0. The SMILES string of the molecule is O=S(=O)(Nc1ccccc1)c1sccc1Br. The van der Waals surface area contributed by atoms with Gasteiger partial charge in [-0.3, -0.25) is 4.72 Å². The zero-order valence-electron chi connectivity index (χ0n) is 8.05. The Bertz CT molecular complexity index is 578. The fourth-order valence-electron chi connectivity index (χ4n) is 1.18. The van der Waals surface area contributed by atoms with Gasteiger partial charge in [0.05, 0.1) is 0 Å². The summed E-state index contributed by atoms with van der Waals surface area (Å²) in [5.41, 5.74) is 0.558. The van der Waals surface area contributed by atoms with Crippen LogP contribution in [0.1, 0.15) is 0 Å². The number of hydrogen-bond acceptors (Lipinski definition) is 3. The largest absolute Gasteiger partial charge is 0.279 e. The summed E-state index contributed by atoms with van der Waals surface area (Å²) >= 11 is 4.39. The van der Waals surface area contributed by atoms with Gasteiger partial charge in [-0.1, -0.05) is 18.2 Å². The van der Waals surface area contributed by atoms with Crippen molar-refractivity contribution in [2.24, 2.45) is 0 Å². The standard InChI is InChI=1S/C10H8BrNO2S2/c11-9-6-7-15-10(9)16(13,14)12-8-4-2-1-3-5-8/h1-7,12H. The lowest BCUT2D eigenvalue weighted by Gasteiger charge is -2.06. The Balaban J connectivity index is 2.32. The molecule has 1 heterocycles. The molecular formula is C10H8BrNO2S2. The zero-order chi connectivity index (χ0) is 11.6. The molecular weight excluding hydrogens is 310 g/mol. The second-order valence-electron chi connectivity index (χ2n) is 3.03. The Labute approximate surface area is 106 Å². The van der Waals surface area contributed by atoms with Crippen LogP contribution in [0.25, 0.3) is 0 Å². The number of nitrogens with one attached hydrogen (secondary N) is 1. The average molecular weight is 318 g/mol. The van der Waals surface area contributed by atoms with Gasteiger partial charge in [0.2, 0.25) is 0 Å². The van der Waals surface area contributed by atoms with Crippen LogP contribution in [-0.2, 0) is 10.0 Å². The highest BCUT2D eigenvalue weighted by atomic mass is 79.9. The molecule has 0 aliphatic carbocycles. The predicted molar refractivity (Wildman–Crippen MR) is 69.3 cm³/mol. The van der Waals surface area contributed by atoms with E-state index in [1.807, 2.05) is 6.07 Å². The molecule has 0 saturated carbocycles. The first-order chi connectivity index (χ1) is 7.59. The summed E-state index contributed by atoms with van der Waals surface area (Å²) in [5.74, 6) is 0. The molecule has 1 aromatic heterocycles. The van der Waals surface area contributed by atoms with Gasteiger partial charge >= 0.3 is 0 Å². The topological polar surface area (TPSA) is 46.2 Å². The van der Waals surface area contributed by atoms with Crippen LogP contribution in [0.2, 0.25) is 0 Å². The molecule has 3 nitrogen and oxygen atoms in total. The van der Waals surface area contributed by atoms with Crippen LogP contribution >= 0.6 is 27.3 Å². The van der Waals surface area contributed by atoms with E-state index in [0.717, 1.165) is 0 Å². The summed E-state index contributed by atoms with van der Waals surface area (Å²) in [6.07, 6.45) is 0. The van der Waals surface area contributed by atoms with Gasteiger partial charge < -0.3 is 0 Å². The second kappa shape index (κ2) is 4.57. The first kappa shape index (κ1) is 11.6. The van der Waals surface area contributed by atoms with Crippen molar-refractivity contribution in [3.63, 3.8) is 0 Å². The van der Waals surface area contributed by atoms with Crippen molar-refractivity contribution in [3.8, 4) is 0 Å². The molecule has 0 atom stereocenters. The quantitative estimate of drug-likeness (QED) is 0.944. The molecule has 0 bridgehead atoms. The lowest BCUT2D eigenvalue weighted by Crippen LogP contribution is -2.11. The van der Waals surface area contributed by atoms with Gasteiger partial charge in [-0.25, -0.2) is 8.42 Å². The van der Waals surface area contributed by atoms with Gasteiger partial charge in [0, 0.05) is 10.2 Å². The van der Waals surface area contributed by atoms with E-state index in [1.165, 1.54) is 11.3 Å². The molecule has 1 N–H and O–H groups in total. The number of anilines is 1. The summed E-state index contributed by atoms with van der Waals surface area (Å²) in [6, 6.07) is 10.5. The zero-order valence-corrected chi connectivity index (χ0v) is 11.3. The lowest BCUT2D eigenvalue weighted by molar-refractivity contribution is 0.603. The van der Waals surface area contributed by atoms with E-state index in [-0.39, 0.29) is 4.21 Å². The first-order valence-corrected chi connectivity index (χ1v) is 7.56. The van der Waals surface area contributed by atoms with Gasteiger partial charge in [-0.05, 0) is 39.5 Å². The maximum absolute atomic E-state index is 12.0. The summed E-state index contributed by atoms with van der Waals surface area (Å²) < 4.78 is 27.3. The fraction of sp³-hybridized carbons (Fsp3) is 0. The van der Waals surface area contributed by atoms with E-state index in [1.54, 1.807) is 35.7 Å². The average Bonchev–Trinajstić information content (AvgIpc) is 2.66. The van der Waals surface area contributed by atoms with E-state index in [2.05, 4.69) is 20.7 Å². The molecule has 0 fully saturated rings. The summed E-state index contributed by atoms with van der Waals surface area (Å²) in [5, 5.41) is 1.73. The van der Waals surface area contributed by atoms with Crippen LogP contribution in [0.3, 0.4) is 0 Å². The third-order valence-electron chi connectivity index (χ3n) is 1.85. The van der Waals surface area contributed by atoms with E-state index < -0.39 is 10.0 Å². The van der Waals surface area contributed by atoms with E-state index >= 15 is 0 Å². The van der Waals surface area contributed by atoms with Gasteiger partial charge in [-0.2, -0.15) is 0 Å². The summed E-state index contributed by atoms with van der Waals surface area (Å²) in [6.45, 7) is 0. The molecule has 16 heavy (non-hydrogen) atoms. The Hall–Kier alpha value is -0.850. The first-order valence-electron chi connectivity index (χ1n) is 4.40. The molecule has 2 rings (SSSR count). The Morgan fingerprint density at radius 2 is 1.81 bits per heavy atom. The maximum Gasteiger partial charge on any atom is 0.272 e. The highest BCUT2D eigenvalue weighted by molar-refractivity contribution is 9.10. The number of rotatable bonds is 3. The highest BCUT2D eigenvalue weighted by Crippen LogP contribution is 2.29. The monoisotopic (exact) mass is 317 g/mol. The number of para-hydroxylation sites is 1. The van der Waals surface area contributed by atoms with E-state index in [4.69, 9.17) is 0 Å². The number of sulfonamides is 1. The third-order valence-corrected chi connectivity index (χ3v) is 5.91. The van der Waals surface area contributed by atoms with E-state index in [9.17, 15) is 8.42 Å². The van der Waals surface area contributed by atoms with Crippen molar-refractivity contribution >= 4 is 43.0 Å². The van der Waals surface area contributed by atoms with Crippen LogP contribution < -0.4 is 4.72 Å².